The van der Waals surface area contributed by atoms with Crippen molar-refractivity contribution in [3.8, 4) is 11.5 Å². The number of fused-ring (bicyclic) bond motifs is 1. The number of nitrogens with zero attached hydrogens (tertiary/aromatic N) is 2. The van der Waals surface area contributed by atoms with Crippen molar-refractivity contribution >= 4 is 50.0 Å². The zero-order chi connectivity index (χ0) is 25.4. The molecule has 186 valence electrons. The highest BCUT2D eigenvalue weighted by molar-refractivity contribution is 8.16. The number of aliphatic imine (C=N–C) groups is 1. The number of ether oxygens (including phenoxy) is 1. The van der Waals surface area contributed by atoms with Gasteiger partial charge in [0.1, 0.15) is 5.75 Å². The zero-order valence-electron chi connectivity index (χ0n) is 19.8. The van der Waals surface area contributed by atoms with Crippen LogP contribution in [-0.2, 0) is 21.1 Å². The minimum Gasteiger partial charge on any atom is -0.455 e. The zero-order valence-corrected chi connectivity index (χ0v) is 22.2. The molecule has 0 aromatic heterocycles. The van der Waals surface area contributed by atoms with Crippen molar-refractivity contribution in [2.24, 2.45) is 4.99 Å². The normalized spacial score (nSPS) is 21.5. The number of amidine groups is 1. The van der Waals surface area contributed by atoms with Crippen LogP contribution in [0, 0.1) is 13.8 Å². The topological polar surface area (TPSA) is 76.0 Å². The Bertz CT molecular complexity index is 1470. The number of sulfone groups is 1. The molecule has 0 aliphatic carbocycles. The summed E-state index contributed by atoms with van der Waals surface area (Å²) in [6.07, 6.45) is 0.162. The van der Waals surface area contributed by atoms with Gasteiger partial charge in [-0.05, 0) is 55.3 Å². The van der Waals surface area contributed by atoms with E-state index in [1.165, 1.54) is 11.8 Å². The average molecular weight is 541 g/mol. The Hall–Kier alpha value is -2.81. The van der Waals surface area contributed by atoms with Crippen molar-refractivity contribution < 1.29 is 17.9 Å². The fourth-order valence-corrected chi connectivity index (χ4v) is 8.65. The van der Waals surface area contributed by atoms with Gasteiger partial charge in [0.05, 0.1) is 29.7 Å². The van der Waals surface area contributed by atoms with Crippen LogP contribution >= 0.6 is 23.4 Å². The minimum absolute atomic E-state index is 0.0217. The molecule has 2 saturated heterocycles. The van der Waals surface area contributed by atoms with Crippen LogP contribution in [-0.4, -0.2) is 42.3 Å². The van der Waals surface area contributed by atoms with Gasteiger partial charge in [-0.25, -0.2) is 8.42 Å². The van der Waals surface area contributed by atoms with Crippen LogP contribution in [0.5, 0.6) is 11.5 Å². The van der Waals surface area contributed by atoms with Crippen LogP contribution in [0.2, 0.25) is 5.02 Å². The van der Waals surface area contributed by atoms with Gasteiger partial charge in [0.2, 0.25) is 0 Å². The molecule has 2 aliphatic heterocycles. The molecule has 36 heavy (non-hydrogen) atoms. The summed E-state index contributed by atoms with van der Waals surface area (Å²) < 4.78 is 31.2. The lowest BCUT2D eigenvalue weighted by atomic mass is 10.1. The number of thioether (sulfide) groups is 1. The Kier molecular flexibility index (Phi) is 6.85. The summed E-state index contributed by atoms with van der Waals surface area (Å²) in [5.41, 5.74) is 3.59. The van der Waals surface area contributed by atoms with Crippen molar-refractivity contribution in [3.05, 3.63) is 88.4 Å². The summed E-state index contributed by atoms with van der Waals surface area (Å²) in [7, 11) is -3.22. The molecular weight excluding hydrogens is 516 g/mol. The monoisotopic (exact) mass is 540 g/mol. The van der Waals surface area contributed by atoms with Gasteiger partial charge in [0.25, 0.3) is 5.91 Å². The van der Waals surface area contributed by atoms with E-state index in [-0.39, 0.29) is 35.1 Å². The second-order valence-electron chi connectivity index (χ2n) is 9.16. The fourth-order valence-electron chi connectivity index (χ4n) is 4.56. The van der Waals surface area contributed by atoms with Crippen LogP contribution in [0.25, 0.3) is 0 Å². The number of anilines is 1. The standard InChI is InChI=1S/C27H25ClN2O4S2/c1-17-5-3-7-19(11-17)13-26(31)29-27-30(23-15-36(32,33)16-25(23)35-27)22-14-20(28)9-10-24(22)34-21-8-4-6-18(2)12-21/h3-12,14,23,25H,13,15-16H2,1-2H3/t23-,25+/m1/s1. The third-order valence-electron chi connectivity index (χ3n) is 6.12. The molecule has 6 nitrogen and oxygen atoms in total. The van der Waals surface area contributed by atoms with Crippen LogP contribution in [0.4, 0.5) is 5.69 Å². The Morgan fingerprint density at radius 3 is 2.56 bits per heavy atom. The lowest BCUT2D eigenvalue weighted by Gasteiger charge is -2.27. The minimum atomic E-state index is -3.22. The lowest BCUT2D eigenvalue weighted by Crippen LogP contribution is -2.38. The number of rotatable bonds is 5. The smallest absolute Gasteiger partial charge is 0.252 e. The number of aryl methyl sites for hydroxylation is 2. The molecule has 2 aliphatic rings. The van der Waals surface area contributed by atoms with E-state index in [0.29, 0.717) is 27.4 Å². The summed E-state index contributed by atoms with van der Waals surface area (Å²) in [5, 5.41) is 0.710. The molecule has 3 aromatic rings. The van der Waals surface area contributed by atoms with Gasteiger partial charge in [-0.2, -0.15) is 4.99 Å². The van der Waals surface area contributed by atoms with E-state index in [1.807, 2.05) is 67.3 Å². The molecule has 2 heterocycles. The van der Waals surface area contributed by atoms with Gasteiger partial charge in [0.15, 0.2) is 20.8 Å². The van der Waals surface area contributed by atoms with Crippen LogP contribution in [0.1, 0.15) is 16.7 Å². The molecule has 0 radical (unpaired) electrons. The number of hydrogen-bond acceptors (Lipinski definition) is 5. The molecule has 1 amide bonds. The summed E-state index contributed by atoms with van der Waals surface area (Å²) in [6, 6.07) is 20.3. The Labute approximate surface area is 220 Å². The molecule has 3 aromatic carbocycles. The second kappa shape index (κ2) is 9.92. The number of hydrogen-bond donors (Lipinski definition) is 0. The van der Waals surface area contributed by atoms with Gasteiger partial charge in [-0.15, -0.1) is 0 Å². The Morgan fingerprint density at radius 2 is 1.81 bits per heavy atom. The van der Waals surface area contributed by atoms with Crippen molar-refractivity contribution in [2.75, 3.05) is 16.4 Å². The van der Waals surface area contributed by atoms with E-state index in [0.717, 1.165) is 16.7 Å². The van der Waals surface area contributed by atoms with Crippen molar-refractivity contribution in [1.82, 2.24) is 0 Å². The molecule has 0 saturated carbocycles. The molecule has 5 rings (SSSR count). The predicted octanol–water partition coefficient (Wildman–Crippen LogP) is 5.59. The first kappa shape index (κ1) is 24.9. The maximum absolute atomic E-state index is 13.0. The van der Waals surface area contributed by atoms with E-state index in [4.69, 9.17) is 16.3 Å². The first-order chi connectivity index (χ1) is 17.2. The molecular formula is C27H25ClN2O4S2. The predicted molar refractivity (Wildman–Crippen MR) is 146 cm³/mol. The number of carbonyl (C=O) groups excluding carboxylic acids is 1. The van der Waals surface area contributed by atoms with E-state index in [1.54, 1.807) is 18.2 Å². The van der Waals surface area contributed by atoms with Crippen molar-refractivity contribution in [1.29, 1.82) is 0 Å². The summed E-state index contributed by atoms with van der Waals surface area (Å²) in [5.74, 6) is 0.883. The van der Waals surface area contributed by atoms with Crippen LogP contribution in [0.15, 0.2) is 71.7 Å². The second-order valence-corrected chi connectivity index (χ2v) is 13.0. The first-order valence-electron chi connectivity index (χ1n) is 11.5. The fraction of sp³-hybridized carbons (Fsp3) is 0.259. The van der Waals surface area contributed by atoms with Gasteiger partial charge >= 0.3 is 0 Å². The van der Waals surface area contributed by atoms with E-state index in [9.17, 15) is 13.2 Å². The molecule has 0 N–H and O–H groups in total. The molecule has 0 unspecified atom stereocenters. The SMILES string of the molecule is Cc1cccc(CC(=O)N=C2S[C@H]3CS(=O)(=O)C[C@H]3N2c2cc(Cl)ccc2Oc2cccc(C)c2)c1. The summed E-state index contributed by atoms with van der Waals surface area (Å²) >= 11 is 7.71. The molecule has 2 fully saturated rings. The van der Waals surface area contributed by atoms with Crippen molar-refractivity contribution in [3.63, 3.8) is 0 Å². The number of halogens is 1. The Morgan fingerprint density at radius 1 is 1.06 bits per heavy atom. The molecule has 9 heteroatoms. The lowest BCUT2D eigenvalue weighted by molar-refractivity contribution is -0.117. The average Bonchev–Trinajstić information content (AvgIpc) is 3.25. The quantitative estimate of drug-likeness (QED) is 0.420. The third-order valence-corrected chi connectivity index (χ3v) is 9.57. The Balaban J connectivity index is 1.53. The van der Waals surface area contributed by atoms with Gasteiger partial charge in [-0.1, -0.05) is 65.3 Å². The van der Waals surface area contributed by atoms with E-state index >= 15 is 0 Å². The van der Waals surface area contributed by atoms with Crippen molar-refractivity contribution in [2.45, 2.75) is 31.6 Å². The maximum atomic E-state index is 13.0. The first-order valence-corrected chi connectivity index (χ1v) is 14.6. The van der Waals surface area contributed by atoms with Crippen LogP contribution < -0.4 is 9.64 Å². The van der Waals surface area contributed by atoms with E-state index in [2.05, 4.69) is 4.99 Å². The van der Waals surface area contributed by atoms with E-state index < -0.39 is 9.84 Å². The van der Waals surface area contributed by atoms with Gasteiger partial charge < -0.3 is 9.64 Å². The molecule has 0 spiro atoms. The third kappa shape index (κ3) is 5.45. The highest BCUT2D eigenvalue weighted by atomic mass is 35.5. The summed E-state index contributed by atoms with van der Waals surface area (Å²) in [4.78, 5) is 19.3. The highest BCUT2D eigenvalue weighted by Crippen LogP contribution is 2.45. The molecule has 2 atom stereocenters. The molecule has 0 bridgehead atoms. The number of carbonyl (C=O) groups is 1. The number of amides is 1. The maximum Gasteiger partial charge on any atom is 0.252 e. The number of benzene rings is 3. The van der Waals surface area contributed by atoms with Gasteiger partial charge in [0, 0.05) is 10.3 Å². The summed E-state index contributed by atoms with van der Waals surface area (Å²) in [6.45, 7) is 3.95. The highest BCUT2D eigenvalue weighted by Gasteiger charge is 2.50. The largest absolute Gasteiger partial charge is 0.455 e. The van der Waals surface area contributed by atoms with Crippen LogP contribution in [0.3, 0.4) is 0 Å². The van der Waals surface area contributed by atoms with Gasteiger partial charge in [-0.3, -0.25) is 4.79 Å².